The van der Waals surface area contributed by atoms with Gasteiger partial charge in [0.15, 0.2) is 6.61 Å². The van der Waals surface area contributed by atoms with Crippen LogP contribution in [0.1, 0.15) is 46.5 Å². The van der Waals surface area contributed by atoms with Crippen LogP contribution in [0.15, 0.2) is 47.4 Å². The van der Waals surface area contributed by atoms with E-state index in [0.717, 1.165) is 31.4 Å². The summed E-state index contributed by atoms with van der Waals surface area (Å²) in [4.78, 5) is 12.7. The van der Waals surface area contributed by atoms with E-state index in [-0.39, 0.29) is 17.6 Å². The summed E-state index contributed by atoms with van der Waals surface area (Å²) in [7, 11) is -3.65. The van der Waals surface area contributed by atoms with Gasteiger partial charge in [0, 0.05) is 13.1 Å². The van der Waals surface area contributed by atoms with Crippen LogP contribution in [0.2, 0.25) is 0 Å². The summed E-state index contributed by atoms with van der Waals surface area (Å²) in [6.45, 7) is 7.17. The summed E-state index contributed by atoms with van der Waals surface area (Å²) >= 11 is 0. The van der Waals surface area contributed by atoms with Crippen LogP contribution in [0.4, 0.5) is 5.69 Å². The largest absolute Gasteiger partial charge is 0.494 e. The topological polar surface area (TPSA) is 94.2 Å². The van der Waals surface area contributed by atoms with Gasteiger partial charge in [0.05, 0.1) is 23.3 Å². The molecule has 1 aliphatic heterocycles. The van der Waals surface area contributed by atoms with Gasteiger partial charge in [-0.1, -0.05) is 13.3 Å². The van der Waals surface area contributed by atoms with E-state index in [2.05, 4.69) is 5.32 Å². The summed E-state index contributed by atoms with van der Waals surface area (Å²) in [6.07, 6.45) is 3.50. The number of amides is 1. The van der Waals surface area contributed by atoms with Gasteiger partial charge in [0.2, 0.25) is 10.0 Å². The Bertz CT molecular complexity index is 1050. The van der Waals surface area contributed by atoms with Crippen molar-refractivity contribution in [1.29, 1.82) is 0 Å². The summed E-state index contributed by atoms with van der Waals surface area (Å²) < 4.78 is 44.6. The minimum Gasteiger partial charge on any atom is -0.494 e. The van der Waals surface area contributed by atoms with Crippen LogP contribution < -0.4 is 19.5 Å². The molecule has 8 nitrogen and oxygen atoms in total. The maximum atomic E-state index is 13.1. The number of hydrogen-bond donors (Lipinski definition) is 1. The number of sulfonamides is 1. The van der Waals surface area contributed by atoms with Crippen LogP contribution in [0.5, 0.6) is 17.2 Å². The number of carbonyl (C=O) groups excluding carboxylic acids is 1. The number of anilines is 1. The molecular formula is C25H34N2O6S. The smallest absolute Gasteiger partial charge is 0.262 e. The van der Waals surface area contributed by atoms with Crippen molar-refractivity contribution in [3.05, 3.63) is 42.5 Å². The quantitative estimate of drug-likeness (QED) is 0.500. The number of rotatable bonds is 11. The molecule has 2 aromatic carbocycles. The average molecular weight is 491 g/mol. The first-order valence-corrected chi connectivity index (χ1v) is 13.2. The summed E-state index contributed by atoms with van der Waals surface area (Å²) in [5.74, 6) is 1.24. The lowest BCUT2D eigenvalue weighted by Crippen LogP contribution is -2.35. The second-order valence-electron chi connectivity index (χ2n) is 8.45. The minimum atomic E-state index is -3.65. The molecule has 34 heavy (non-hydrogen) atoms. The highest BCUT2D eigenvalue weighted by Gasteiger charge is 2.27. The monoisotopic (exact) mass is 490 g/mol. The summed E-state index contributed by atoms with van der Waals surface area (Å²) in [5, 5.41) is 2.74. The fourth-order valence-corrected chi connectivity index (χ4v) is 5.11. The number of piperidine rings is 1. The molecule has 0 spiro atoms. The van der Waals surface area contributed by atoms with Crippen LogP contribution in [-0.2, 0) is 14.8 Å². The number of carbonyl (C=O) groups is 1. The van der Waals surface area contributed by atoms with Crippen LogP contribution in [0.3, 0.4) is 0 Å². The molecule has 1 saturated heterocycles. The summed E-state index contributed by atoms with van der Waals surface area (Å²) in [6, 6.07) is 11.6. The Morgan fingerprint density at radius 3 is 2.26 bits per heavy atom. The average Bonchev–Trinajstić information content (AvgIpc) is 2.83. The Kier molecular flexibility index (Phi) is 9.18. The van der Waals surface area contributed by atoms with E-state index in [4.69, 9.17) is 14.2 Å². The van der Waals surface area contributed by atoms with Crippen molar-refractivity contribution in [3.63, 3.8) is 0 Å². The molecule has 0 bridgehead atoms. The first-order valence-electron chi connectivity index (χ1n) is 11.8. The molecule has 0 saturated carbocycles. The molecule has 0 aromatic heterocycles. The molecule has 1 amide bonds. The predicted octanol–water partition coefficient (Wildman–Crippen LogP) is 4.45. The molecule has 0 radical (unpaired) electrons. The van der Waals surface area contributed by atoms with E-state index in [0.29, 0.717) is 36.9 Å². The van der Waals surface area contributed by atoms with Crippen LogP contribution >= 0.6 is 0 Å². The van der Waals surface area contributed by atoms with E-state index in [1.54, 1.807) is 30.3 Å². The molecule has 0 unspecified atom stereocenters. The fraction of sp³-hybridized carbons (Fsp3) is 0.480. The van der Waals surface area contributed by atoms with Crippen molar-refractivity contribution in [2.75, 3.05) is 31.6 Å². The fourth-order valence-electron chi connectivity index (χ4n) is 3.57. The van der Waals surface area contributed by atoms with Gasteiger partial charge in [0.25, 0.3) is 5.91 Å². The van der Waals surface area contributed by atoms with Crippen LogP contribution in [0.25, 0.3) is 0 Å². The first-order chi connectivity index (χ1) is 16.3. The van der Waals surface area contributed by atoms with Gasteiger partial charge in [-0.2, -0.15) is 4.31 Å². The van der Waals surface area contributed by atoms with Crippen molar-refractivity contribution < 1.29 is 27.4 Å². The molecule has 186 valence electrons. The second-order valence-corrected chi connectivity index (χ2v) is 10.4. The van der Waals surface area contributed by atoms with E-state index in [1.807, 2.05) is 20.8 Å². The molecule has 3 rings (SSSR count). The lowest BCUT2D eigenvalue weighted by atomic mass is 10.2. The zero-order chi connectivity index (χ0) is 24.6. The third kappa shape index (κ3) is 7.11. The van der Waals surface area contributed by atoms with Crippen LogP contribution in [0, 0.1) is 0 Å². The Balaban J connectivity index is 1.70. The maximum absolute atomic E-state index is 13.1. The maximum Gasteiger partial charge on any atom is 0.262 e. The third-order valence-corrected chi connectivity index (χ3v) is 7.10. The van der Waals surface area contributed by atoms with Crippen molar-refractivity contribution in [2.24, 2.45) is 0 Å². The molecule has 1 fully saturated rings. The Morgan fingerprint density at radius 1 is 1.00 bits per heavy atom. The van der Waals surface area contributed by atoms with Gasteiger partial charge in [-0.05, 0) is 75.6 Å². The number of nitrogens with one attached hydrogen (secondary N) is 1. The van der Waals surface area contributed by atoms with Gasteiger partial charge in [-0.25, -0.2) is 8.42 Å². The van der Waals surface area contributed by atoms with Crippen molar-refractivity contribution in [1.82, 2.24) is 4.31 Å². The number of benzene rings is 2. The van der Waals surface area contributed by atoms with Crippen molar-refractivity contribution >= 4 is 21.6 Å². The molecule has 0 aliphatic carbocycles. The van der Waals surface area contributed by atoms with E-state index in [1.165, 1.54) is 16.4 Å². The van der Waals surface area contributed by atoms with Crippen molar-refractivity contribution in [3.8, 4) is 17.2 Å². The number of hydrogen-bond acceptors (Lipinski definition) is 6. The highest BCUT2D eigenvalue weighted by atomic mass is 32.2. The standard InChI is InChI=1S/C25H34N2O6S/c1-4-16-31-20-8-10-21(11-9-20)32-18-25(28)26-23-17-22(12-13-24(23)33-19(2)3)34(29,30)27-14-6-5-7-15-27/h8-13,17,19H,4-7,14-16,18H2,1-3H3,(H,26,28). The van der Waals surface area contributed by atoms with Gasteiger partial charge >= 0.3 is 0 Å². The van der Waals surface area contributed by atoms with E-state index in [9.17, 15) is 13.2 Å². The van der Waals surface area contributed by atoms with Gasteiger partial charge < -0.3 is 19.5 Å². The molecule has 9 heteroatoms. The minimum absolute atomic E-state index is 0.129. The van der Waals surface area contributed by atoms with E-state index >= 15 is 0 Å². The van der Waals surface area contributed by atoms with Crippen LogP contribution in [-0.4, -0.2) is 51.0 Å². The normalized spacial score (nSPS) is 14.6. The predicted molar refractivity (Wildman–Crippen MR) is 131 cm³/mol. The second kappa shape index (κ2) is 12.1. The molecule has 1 heterocycles. The lowest BCUT2D eigenvalue weighted by Gasteiger charge is -2.26. The molecule has 1 aliphatic rings. The van der Waals surface area contributed by atoms with E-state index < -0.39 is 15.9 Å². The summed E-state index contributed by atoms with van der Waals surface area (Å²) in [5.41, 5.74) is 0.295. The third-order valence-electron chi connectivity index (χ3n) is 5.21. The van der Waals surface area contributed by atoms with Gasteiger partial charge in [0.1, 0.15) is 17.2 Å². The number of ether oxygens (including phenoxy) is 3. The molecule has 0 atom stereocenters. The van der Waals surface area contributed by atoms with Gasteiger partial charge in [-0.15, -0.1) is 0 Å². The highest BCUT2D eigenvalue weighted by molar-refractivity contribution is 7.89. The lowest BCUT2D eigenvalue weighted by molar-refractivity contribution is -0.118. The van der Waals surface area contributed by atoms with Crippen molar-refractivity contribution in [2.45, 2.75) is 57.5 Å². The molecule has 2 aromatic rings. The number of nitrogens with zero attached hydrogens (tertiary/aromatic N) is 1. The Labute approximate surface area is 202 Å². The SMILES string of the molecule is CCCOc1ccc(OCC(=O)Nc2cc(S(=O)(=O)N3CCCCC3)ccc2OC(C)C)cc1. The zero-order valence-electron chi connectivity index (χ0n) is 20.1. The molecule has 1 N–H and O–H groups in total. The Hall–Kier alpha value is -2.78. The first kappa shape index (κ1) is 25.8. The van der Waals surface area contributed by atoms with Gasteiger partial charge in [-0.3, -0.25) is 4.79 Å². The highest BCUT2D eigenvalue weighted by Crippen LogP contribution is 2.31. The molecular weight excluding hydrogens is 456 g/mol. The Morgan fingerprint density at radius 2 is 1.65 bits per heavy atom. The zero-order valence-corrected chi connectivity index (χ0v) is 20.9.